The third-order valence-corrected chi connectivity index (χ3v) is 5.61. The molecule has 1 atom stereocenters. The monoisotopic (exact) mass is 391 g/mol. The summed E-state index contributed by atoms with van der Waals surface area (Å²) in [7, 11) is 0. The highest BCUT2D eigenvalue weighted by molar-refractivity contribution is 6.17. The Morgan fingerprint density at radius 3 is 2.34 bits per heavy atom. The molecule has 3 nitrogen and oxygen atoms in total. The molecule has 3 aromatic rings. The van der Waals surface area contributed by atoms with Gasteiger partial charge in [-0.15, -0.1) is 0 Å². The van der Waals surface area contributed by atoms with Crippen LogP contribution < -0.4 is 0 Å². The Labute approximate surface area is 174 Å². The van der Waals surface area contributed by atoms with Gasteiger partial charge in [0.05, 0.1) is 11.1 Å². The van der Waals surface area contributed by atoms with E-state index in [4.69, 9.17) is 4.74 Å². The summed E-state index contributed by atoms with van der Waals surface area (Å²) in [6.07, 6.45) is 6.95. The summed E-state index contributed by atoms with van der Waals surface area (Å²) in [6, 6.07) is 17.7. The lowest BCUT2D eigenvalue weighted by molar-refractivity contribution is -0.000312. The zero-order chi connectivity index (χ0) is 20.6. The van der Waals surface area contributed by atoms with Gasteiger partial charge in [-0.1, -0.05) is 88.1 Å². The minimum atomic E-state index is -0.0524. The van der Waals surface area contributed by atoms with Gasteiger partial charge in [-0.3, -0.25) is 4.79 Å². The Kier molecular flexibility index (Phi) is 7.65. The van der Waals surface area contributed by atoms with E-state index in [1.165, 1.54) is 25.7 Å². The Hall–Kier alpha value is -2.39. The minimum Gasteiger partial charge on any atom is -0.358 e. The molecule has 154 valence electrons. The maximum atomic E-state index is 13.3. The number of ether oxygens (including phenoxy) is 1. The predicted molar refractivity (Wildman–Crippen MR) is 121 cm³/mol. The molecule has 1 heterocycles. The largest absolute Gasteiger partial charge is 0.358 e. The van der Waals surface area contributed by atoms with E-state index in [0.29, 0.717) is 0 Å². The molecule has 0 N–H and O–H groups in total. The summed E-state index contributed by atoms with van der Waals surface area (Å²) in [6.45, 7) is 7.19. The van der Waals surface area contributed by atoms with Gasteiger partial charge in [-0.05, 0) is 25.8 Å². The van der Waals surface area contributed by atoms with Crippen LogP contribution in [0, 0.1) is 6.92 Å². The van der Waals surface area contributed by atoms with Crippen molar-refractivity contribution in [2.75, 3.05) is 6.61 Å². The molecule has 0 bridgehead atoms. The highest BCUT2D eigenvalue weighted by Gasteiger charge is 2.24. The van der Waals surface area contributed by atoms with E-state index in [1.54, 1.807) is 0 Å². The van der Waals surface area contributed by atoms with Crippen molar-refractivity contribution in [3.8, 4) is 0 Å². The number of nitrogens with zero attached hydrogens (tertiary/aromatic N) is 1. The van der Waals surface area contributed by atoms with Gasteiger partial charge < -0.3 is 9.30 Å². The number of unbranched alkanes of at least 4 members (excludes halogenated alkanes) is 4. The van der Waals surface area contributed by atoms with Crippen molar-refractivity contribution in [1.29, 1.82) is 0 Å². The molecule has 0 spiro atoms. The maximum Gasteiger partial charge on any atom is 0.195 e. The van der Waals surface area contributed by atoms with Crippen LogP contribution in [0.2, 0.25) is 0 Å². The van der Waals surface area contributed by atoms with Crippen molar-refractivity contribution in [3.63, 3.8) is 0 Å². The van der Waals surface area contributed by atoms with Crippen molar-refractivity contribution in [3.05, 3.63) is 71.4 Å². The summed E-state index contributed by atoms with van der Waals surface area (Å²) in [5.41, 5.74) is 3.57. The number of aromatic nitrogens is 1. The van der Waals surface area contributed by atoms with E-state index in [-0.39, 0.29) is 12.0 Å². The fraction of sp³-hybridized carbons (Fsp3) is 0.423. The van der Waals surface area contributed by atoms with Gasteiger partial charge in [-0.25, -0.2) is 0 Å². The fourth-order valence-corrected chi connectivity index (χ4v) is 4.08. The number of rotatable bonds is 11. The Balaban J connectivity index is 1.90. The lowest BCUT2D eigenvalue weighted by Crippen LogP contribution is -2.15. The Morgan fingerprint density at radius 1 is 0.931 bits per heavy atom. The van der Waals surface area contributed by atoms with Gasteiger partial charge in [0.2, 0.25) is 0 Å². The highest BCUT2D eigenvalue weighted by atomic mass is 16.5. The third-order valence-electron chi connectivity index (χ3n) is 5.61. The standard InChI is InChI=1S/C26H33NO2/c1-4-6-7-8-14-19-29-24(5-2)27-20(3)25(22-17-12-13-18-23(22)27)26(28)21-15-10-9-11-16-21/h9-13,15-18,24H,4-8,14,19H2,1-3H3. The second kappa shape index (κ2) is 10.4. The number of hydrogen-bond acceptors (Lipinski definition) is 2. The van der Waals surface area contributed by atoms with Crippen LogP contribution in [0.1, 0.15) is 80.2 Å². The van der Waals surface area contributed by atoms with Crippen molar-refractivity contribution in [1.82, 2.24) is 4.57 Å². The van der Waals surface area contributed by atoms with Gasteiger partial charge in [-0.2, -0.15) is 0 Å². The van der Waals surface area contributed by atoms with Crippen LogP contribution in [0.5, 0.6) is 0 Å². The first-order valence-electron chi connectivity index (χ1n) is 11.0. The quantitative estimate of drug-likeness (QED) is 0.258. The van der Waals surface area contributed by atoms with Crippen LogP contribution >= 0.6 is 0 Å². The molecule has 0 aliphatic rings. The van der Waals surface area contributed by atoms with Gasteiger partial charge in [0, 0.05) is 23.3 Å². The molecule has 2 aromatic carbocycles. The molecule has 0 saturated heterocycles. The van der Waals surface area contributed by atoms with Gasteiger partial charge in [0.25, 0.3) is 0 Å². The normalized spacial score (nSPS) is 12.4. The maximum absolute atomic E-state index is 13.3. The summed E-state index contributed by atoms with van der Waals surface area (Å²) in [5.74, 6) is 0.0764. The molecule has 0 amide bonds. The predicted octanol–water partition coefficient (Wildman–Crippen LogP) is 7.08. The molecule has 0 fully saturated rings. The minimum absolute atomic E-state index is 0.0524. The first kappa shape index (κ1) is 21.3. The summed E-state index contributed by atoms with van der Waals surface area (Å²) in [4.78, 5) is 13.3. The van der Waals surface area contributed by atoms with Crippen molar-refractivity contribution in [2.45, 2.75) is 65.5 Å². The van der Waals surface area contributed by atoms with Crippen LogP contribution in [0.15, 0.2) is 54.6 Å². The molecule has 0 saturated carbocycles. The lowest BCUT2D eigenvalue weighted by atomic mass is 10.0. The molecule has 0 aliphatic carbocycles. The summed E-state index contributed by atoms with van der Waals surface area (Å²) < 4.78 is 8.52. The van der Waals surface area contributed by atoms with Crippen molar-refractivity contribution >= 4 is 16.7 Å². The molecular weight excluding hydrogens is 358 g/mol. The average molecular weight is 392 g/mol. The van der Waals surface area contributed by atoms with E-state index >= 15 is 0 Å². The van der Waals surface area contributed by atoms with Crippen LogP contribution in [0.3, 0.4) is 0 Å². The van der Waals surface area contributed by atoms with Crippen LogP contribution in [0.4, 0.5) is 0 Å². The first-order chi connectivity index (χ1) is 14.2. The topological polar surface area (TPSA) is 31.2 Å². The molecule has 3 heteroatoms. The zero-order valence-electron chi connectivity index (χ0n) is 18.0. The number of benzene rings is 2. The highest BCUT2D eigenvalue weighted by Crippen LogP contribution is 2.32. The number of hydrogen-bond donors (Lipinski definition) is 0. The third kappa shape index (κ3) is 4.79. The van der Waals surface area contributed by atoms with Crippen LogP contribution in [-0.4, -0.2) is 17.0 Å². The second-order valence-corrected chi connectivity index (χ2v) is 7.69. The smallest absolute Gasteiger partial charge is 0.195 e. The number of carbonyl (C=O) groups is 1. The molecule has 0 radical (unpaired) electrons. The molecule has 0 aliphatic heterocycles. The van der Waals surface area contributed by atoms with Crippen molar-refractivity contribution in [2.24, 2.45) is 0 Å². The van der Waals surface area contributed by atoms with Crippen LogP contribution in [0.25, 0.3) is 10.9 Å². The lowest BCUT2D eigenvalue weighted by Gasteiger charge is -2.21. The second-order valence-electron chi connectivity index (χ2n) is 7.69. The van der Waals surface area contributed by atoms with Crippen molar-refractivity contribution < 1.29 is 9.53 Å². The first-order valence-corrected chi connectivity index (χ1v) is 11.0. The SMILES string of the molecule is CCCCCCCOC(CC)n1c(C)c(C(=O)c2ccccc2)c2ccccc21. The number of para-hydroxylation sites is 1. The van der Waals surface area contributed by atoms with E-state index in [1.807, 2.05) is 55.5 Å². The van der Waals surface area contributed by atoms with Gasteiger partial charge >= 0.3 is 0 Å². The average Bonchev–Trinajstić information content (AvgIpc) is 3.05. The Morgan fingerprint density at radius 2 is 1.62 bits per heavy atom. The molecule has 29 heavy (non-hydrogen) atoms. The van der Waals surface area contributed by atoms with E-state index < -0.39 is 0 Å². The molecule has 3 rings (SSSR count). The number of fused-ring (bicyclic) bond motifs is 1. The number of carbonyl (C=O) groups excluding carboxylic acids is 1. The zero-order valence-corrected chi connectivity index (χ0v) is 18.0. The fourth-order valence-electron chi connectivity index (χ4n) is 4.08. The van der Waals surface area contributed by atoms with Gasteiger partial charge in [0.15, 0.2) is 5.78 Å². The summed E-state index contributed by atoms with van der Waals surface area (Å²) in [5, 5.41) is 1.00. The van der Waals surface area contributed by atoms with E-state index in [2.05, 4.69) is 24.5 Å². The molecule has 1 unspecified atom stereocenters. The summed E-state index contributed by atoms with van der Waals surface area (Å²) >= 11 is 0. The van der Waals surface area contributed by atoms with E-state index in [0.717, 1.165) is 47.2 Å². The van der Waals surface area contributed by atoms with Crippen LogP contribution in [-0.2, 0) is 4.74 Å². The van der Waals surface area contributed by atoms with E-state index in [9.17, 15) is 4.79 Å². The molecular formula is C26H33NO2. The molecule has 1 aromatic heterocycles. The Bertz CT molecular complexity index is 927. The van der Waals surface area contributed by atoms with Gasteiger partial charge in [0.1, 0.15) is 6.23 Å². The number of ketones is 1.